The third-order valence-electron chi connectivity index (χ3n) is 5.31. The summed E-state index contributed by atoms with van der Waals surface area (Å²) >= 11 is 0. The van der Waals surface area contributed by atoms with Crippen molar-refractivity contribution < 1.29 is 9.53 Å². The molecule has 1 aliphatic rings. The summed E-state index contributed by atoms with van der Waals surface area (Å²) in [4.78, 5) is 12.6. The van der Waals surface area contributed by atoms with Crippen molar-refractivity contribution in [1.29, 1.82) is 0 Å². The van der Waals surface area contributed by atoms with Gasteiger partial charge >= 0.3 is 0 Å². The van der Waals surface area contributed by atoms with Crippen LogP contribution in [-0.4, -0.2) is 42.1 Å². The van der Waals surface area contributed by atoms with Gasteiger partial charge in [-0.25, -0.2) is 0 Å². The van der Waals surface area contributed by atoms with Crippen LogP contribution in [0.3, 0.4) is 0 Å². The van der Waals surface area contributed by atoms with Crippen LogP contribution >= 0.6 is 0 Å². The summed E-state index contributed by atoms with van der Waals surface area (Å²) in [7, 11) is 0. The van der Waals surface area contributed by atoms with Crippen LogP contribution in [0, 0.1) is 26.2 Å². The first-order chi connectivity index (χ1) is 15.0. The van der Waals surface area contributed by atoms with Crippen LogP contribution in [0.5, 0.6) is 5.75 Å². The van der Waals surface area contributed by atoms with Gasteiger partial charge in [-0.2, -0.15) is 14.3 Å². The highest BCUT2D eigenvalue weighted by Gasteiger charge is 2.33. The molecule has 0 fully saturated rings. The minimum atomic E-state index is -0.160. The zero-order chi connectivity index (χ0) is 21.5. The summed E-state index contributed by atoms with van der Waals surface area (Å²) in [6.45, 7) is 3.95. The normalized spacial score (nSPS) is 15.4. The van der Waals surface area contributed by atoms with Gasteiger partial charge in [-0.1, -0.05) is 18.1 Å². The minimum Gasteiger partial charge on any atom is -0.481 e. The lowest BCUT2D eigenvalue weighted by atomic mass is 9.86. The van der Waals surface area contributed by atoms with Crippen molar-refractivity contribution in [3.63, 3.8) is 0 Å². The van der Waals surface area contributed by atoms with Crippen molar-refractivity contribution in [2.75, 3.05) is 11.9 Å². The summed E-state index contributed by atoms with van der Waals surface area (Å²) in [5.74, 6) is 4.73. The molecule has 1 atom stereocenters. The molecule has 0 bridgehead atoms. The number of carbonyl (C=O) groups is 1. The number of terminal acetylenes is 1. The Morgan fingerprint density at radius 3 is 2.94 bits per heavy atom. The van der Waals surface area contributed by atoms with Crippen molar-refractivity contribution >= 4 is 17.4 Å². The van der Waals surface area contributed by atoms with Crippen molar-refractivity contribution in [2.45, 2.75) is 26.2 Å². The fourth-order valence-electron chi connectivity index (χ4n) is 3.94. The number of nitrogens with one attached hydrogen (secondary N) is 1. The molecule has 0 saturated carbocycles. The Kier molecular flexibility index (Phi) is 4.40. The number of hydrogen-bond donors (Lipinski definition) is 1. The average molecular weight is 413 g/mol. The highest BCUT2D eigenvalue weighted by Crippen LogP contribution is 2.40. The molecule has 0 aliphatic carbocycles. The molecule has 1 N–H and O–H groups in total. The maximum Gasteiger partial charge on any atom is 0.226 e. The van der Waals surface area contributed by atoms with Crippen molar-refractivity contribution in [1.82, 2.24) is 29.6 Å². The molecule has 9 nitrogen and oxygen atoms in total. The van der Waals surface area contributed by atoms with Crippen LogP contribution in [0.4, 0.5) is 5.82 Å². The molecule has 0 saturated heterocycles. The molecule has 31 heavy (non-hydrogen) atoms. The third kappa shape index (κ3) is 3.18. The van der Waals surface area contributed by atoms with E-state index in [1.165, 1.54) is 0 Å². The SMILES string of the molecule is C#CCOc1cccc(C2CC(=O)Nc3c2c(C)nn3-c2ccc3nnc(C)n3n2)c1. The van der Waals surface area contributed by atoms with Crippen molar-refractivity contribution in [3.8, 4) is 23.9 Å². The van der Waals surface area contributed by atoms with Crippen LogP contribution in [0.15, 0.2) is 36.4 Å². The molecule has 9 heteroatoms. The molecule has 5 rings (SSSR count). The van der Waals surface area contributed by atoms with Gasteiger partial charge in [-0.15, -0.1) is 21.7 Å². The predicted molar refractivity (Wildman–Crippen MR) is 113 cm³/mol. The molecule has 1 unspecified atom stereocenters. The molecule has 0 radical (unpaired) electrons. The quantitative estimate of drug-likeness (QED) is 0.516. The molecule has 1 aliphatic heterocycles. The fraction of sp³-hybridized carbons (Fsp3) is 0.227. The van der Waals surface area contributed by atoms with Crippen molar-refractivity contribution in [2.24, 2.45) is 0 Å². The fourth-order valence-corrected chi connectivity index (χ4v) is 3.94. The number of anilines is 1. The van der Waals surface area contributed by atoms with Gasteiger partial charge in [0.1, 0.15) is 18.2 Å². The number of benzene rings is 1. The number of aromatic nitrogens is 6. The van der Waals surface area contributed by atoms with Crippen LogP contribution in [-0.2, 0) is 4.79 Å². The van der Waals surface area contributed by atoms with Gasteiger partial charge < -0.3 is 10.1 Å². The summed E-state index contributed by atoms with van der Waals surface area (Å²) in [5.41, 5.74) is 3.38. The molecular formula is C22H19N7O2. The van der Waals surface area contributed by atoms with E-state index in [9.17, 15) is 4.79 Å². The van der Waals surface area contributed by atoms with Gasteiger partial charge in [0.05, 0.1) is 5.69 Å². The van der Waals surface area contributed by atoms with E-state index < -0.39 is 0 Å². The van der Waals surface area contributed by atoms with Crippen LogP contribution in [0.25, 0.3) is 11.5 Å². The maximum atomic E-state index is 12.6. The number of carbonyl (C=O) groups excluding carboxylic acids is 1. The van der Waals surface area contributed by atoms with E-state index >= 15 is 0 Å². The Labute approximate surface area is 178 Å². The zero-order valence-corrected chi connectivity index (χ0v) is 17.0. The van der Waals surface area contributed by atoms with E-state index in [4.69, 9.17) is 16.3 Å². The molecule has 1 amide bonds. The molecular weight excluding hydrogens is 394 g/mol. The molecule has 3 aromatic heterocycles. The van der Waals surface area contributed by atoms with Crippen molar-refractivity contribution in [3.05, 3.63) is 59.0 Å². The second kappa shape index (κ2) is 7.25. The summed E-state index contributed by atoms with van der Waals surface area (Å²) in [6, 6.07) is 11.3. The smallest absolute Gasteiger partial charge is 0.226 e. The number of nitrogens with zero attached hydrogens (tertiary/aromatic N) is 6. The first-order valence-electron chi connectivity index (χ1n) is 9.80. The first kappa shape index (κ1) is 18.8. The molecule has 0 spiro atoms. The number of aryl methyl sites for hydroxylation is 2. The lowest BCUT2D eigenvalue weighted by Crippen LogP contribution is -2.25. The summed E-state index contributed by atoms with van der Waals surface area (Å²) in [5, 5.41) is 20.4. The van der Waals surface area contributed by atoms with Gasteiger partial charge in [0.25, 0.3) is 0 Å². The Hall–Kier alpha value is -4.19. The number of ether oxygens (including phenoxy) is 1. The lowest BCUT2D eigenvalue weighted by Gasteiger charge is -2.24. The van der Waals surface area contributed by atoms with Crippen LogP contribution < -0.4 is 10.1 Å². The van der Waals surface area contributed by atoms with E-state index in [1.807, 2.05) is 44.2 Å². The molecule has 1 aromatic carbocycles. The summed E-state index contributed by atoms with van der Waals surface area (Å²) < 4.78 is 8.87. The number of hydrogen-bond acceptors (Lipinski definition) is 6. The Bertz CT molecular complexity index is 1360. The largest absolute Gasteiger partial charge is 0.481 e. The van der Waals surface area contributed by atoms with Gasteiger partial charge in [0.15, 0.2) is 17.3 Å². The van der Waals surface area contributed by atoms with Gasteiger partial charge in [0, 0.05) is 17.9 Å². The number of fused-ring (bicyclic) bond motifs is 2. The lowest BCUT2D eigenvalue weighted by molar-refractivity contribution is -0.116. The monoisotopic (exact) mass is 413 g/mol. The first-order valence-corrected chi connectivity index (χ1v) is 9.80. The second-order valence-corrected chi connectivity index (χ2v) is 7.34. The van der Waals surface area contributed by atoms with E-state index in [0.717, 1.165) is 16.8 Å². The molecule has 4 heterocycles. The topological polar surface area (TPSA) is 99.2 Å². The number of amides is 1. The van der Waals surface area contributed by atoms with Gasteiger partial charge in [0.2, 0.25) is 5.91 Å². The van der Waals surface area contributed by atoms with Crippen LogP contribution in [0.1, 0.15) is 35.0 Å². The van der Waals surface area contributed by atoms with Gasteiger partial charge in [-0.05, 0) is 43.7 Å². The standard InChI is InChI=1S/C22H19N7O2/c1-4-10-31-16-7-5-6-15(11-16)17-12-20(30)23-22-21(17)13(2)26-29(22)19-9-8-18-25-24-14(3)28(18)27-19/h1,5-9,11,17H,10,12H2,2-3H3,(H,23,30). The minimum absolute atomic E-state index is 0.0878. The average Bonchev–Trinajstić information content (AvgIpc) is 3.31. The highest BCUT2D eigenvalue weighted by atomic mass is 16.5. The van der Waals surface area contributed by atoms with E-state index in [-0.39, 0.29) is 18.4 Å². The van der Waals surface area contributed by atoms with E-state index in [0.29, 0.717) is 35.3 Å². The number of rotatable bonds is 4. The van der Waals surface area contributed by atoms with E-state index in [2.05, 4.69) is 26.5 Å². The summed E-state index contributed by atoms with van der Waals surface area (Å²) in [6.07, 6.45) is 5.61. The Balaban J connectivity index is 1.61. The highest BCUT2D eigenvalue weighted by molar-refractivity contribution is 5.95. The van der Waals surface area contributed by atoms with Crippen LogP contribution in [0.2, 0.25) is 0 Å². The molecule has 154 valence electrons. The third-order valence-corrected chi connectivity index (χ3v) is 5.31. The Morgan fingerprint density at radius 2 is 2.10 bits per heavy atom. The zero-order valence-electron chi connectivity index (χ0n) is 17.0. The Morgan fingerprint density at radius 1 is 1.23 bits per heavy atom. The van der Waals surface area contributed by atoms with E-state index in [1.54, 1.807) is 15.3 Å². The molecule has 4 aromatic rings. The van der Waals surface area contributed by atoms with Gasteiger partial charge in [-0.3, -0.25) is 4.79 Å². The second-order valence-electron chi connectivity index (χ2n) is 7.34. The maximum absolute atomic E-state index is 12.6. The predicted octanol–water partition coefficient (Wildman–Crippen LogP) is 2.41.